The van der Waals surface area contributed by atoms with Crippen LogP contribution >= 0.6 is 34.7 Å². The quantitative estimate of drug-likeness (QED) is 0.0679. The predicted molar refractivity (Wildman–Crippen MR) is 165 cm³/mol. The van der Waals surface area contributed by atoms with Gasteiger partial charge < -0.3 is 4.74 Å². The number of carbonyl (C=O) groups excluding carboxylic acids is 1. The highest BCUT2D eigenvalue weighted by Crippen LogP contribution is 2.35. The summed E-state index contributed by atoms with van der Waals surface area (Å²) in [6, 6.07) is 14.7. The van der Waals surface area contributed by atoms with Crippen LogP contribution in [0.15, 0.2) is 63.6 Å². The van der Waals surface area contributed by atoms with Gasteiger partial charge >= 0.3 is 0 Å². The summed E-state index contributed by atoms with van der Waals surface area (Å²) in [5.41, 5.74) is 5.11. The zero-order valence-electron chi connectivity index (χ0n) is 22.3. The maximum absolute atomic E-state index is 13.8. The van der Waals surface area contributed by atoms with E-state index in [-0.39, 0.29) is 17.2 Å². The van der Waals surface area contributed by atoms with Crippen molar-refractivity contribution in [3.63, 3.8) is 0 Å². The Hall–Kier alpha value is -3.14. The number of nitrogens with one attached hydrogen (secondary N) is 1. The second kappa shape index (κ2) is 13.5. The van der Waals surface area contributed by atoms with Crippen LogP contribution in [0.2, 0.25) is 5.02 Å². The molecule has 2 heterocycles. The Morgan fingerprint density at radius 2 is 1.93 bits per heavy atom. The van der Waals surface area contributed by atoms with Gasteiger partial charge in [-0.2, -0.15) is 5.10 Å². The van der Waals surface area contributed by atoms with E-state index in [9.17, 15) is 9.59 Å². The van der Waals surface area contributed by atoms with Crippen molar-refractivity contribution in [1.82, 2.24) is 15.0 Å². The van der Waals surface area contributed by atoms with E-state index < -0.39 is 0 Å². The van der Waals surface area contributed by atoms with E-state index in [1.165, 1.54) is 16.6 Å². The number of unbranched alkanes of at least 4 members (excludes halogenated alkanes) is 2. The number of hydrogen-bond donors (Lipinski definition) is 1. The van der Waals surface area contributed by atoms with E-state index in [0.717, 1.165) is 66.7 Å². The van der Waals surface area contributed by atoms with Gasteiger partial charge in [0.2, 0.25) is 0 Å². The topological polar surface area (TPSA) is 85.6 Å². The maximum Gasteiger partial charge on any atom is 0.267 e. The summed E-state index contributed by atoms with van der Waals surface area (Å²) in [7, 11) is 0. The minimum absolute atomic E-state index is 0.0541. The number of carbonyl (C=O) groups is 1. The SMILES string of the molecule is CCCCCOc1ccc(C=NNC(=O)CSc2nc3sc4c(c3c(=O)n2-c2ccc(Cl)cc2)CCCC4)cc1. The Bertz CT molecular complexity index is 1560. The fraction of sp³-hybridized carbons (Fsp3) is 0.333. The molecule has 2 aromatic carbocycles. The van der Waals surface area contributed by atoms with Crippen LogP contribution in [0.25, 0.3) is 15.9 Å². The number of amides is 1. The third kappa shape index (κ3) is 6.77. The molecule has 5 rings (SSSR count). The monoisotopic (exact) mass is 594 g/mol. The van der Waals surface area contributed by atoms with Crippen molar-refractivity contribution in [3.8, 4) is 11.4 Å². The molecule has 0 atom stereocenters. The van der Waals surface area contributed by atoms with Gasteiger partial charge in [-0.1, -0.05) is 43.1 Å². The van der Waals surface area contributed by atoms with Crippen molar-refractivity contribution < 1.29 is 9.53 Å². The lowest BCUT2D eigenvalue weighted by molar-refractivity contribution is -0.118. The smallest absolute Gasteiger partial charge is 0.267 e. The Kier molecular flexibility index (Phi) is 9.57. The molecule has 2 aromatic heterocycles. The van der Waals surface area contributed by atoms with Crippen molar-refractivity contribution >= 4 is 57.0 Å². The average molecular weight is 595 g/mol. The molecule has 10 heteroatoms. The molecule has 1 aliphatic carbocycles. The normalized spacial score (nSPS) is 13.1. The number of fused-ring (bicyclic) bond motifs is 3. The van der Waals surface area contributed by atoms with Crippen LogP contribution in [0.5, 0.6) is 5.75 Å². The van der Waals surface area contributed by atoms with Crippen LogP contribution in [0.1, 0.15) is 55.0 Å². The van der Waals surface area contributed by atoms with Crippen molar-refractivity contribution in [2.45, 2.75) is 57.0 Å². The highest BCUT2D eigenvalue weighted by molar-refractivity contribution is 7.99. The first-order chi connectivity index (χ1) is 19.5. The Morgan fingerprint density at radius 1 is 1.15 bits per heavy atom. The molecule has 0 saturated carbocycles. The summed E-state index contributed by atoms with van der Waals surface area (Å²) in [6.45, 7) is 2.87. The highest BCUT2D eigenvalue weighted by atomic mass is 35.5. The average Bonchev–Trinajstić information content (AvgIpc) is 3.34. The van der Waals surface area contributed by atoms with E-state index >= 15 is 0 Å². The molecule has 40 heavy (non-hydrogen) atoms. The molecular weight excluding hydrogens is 564 g/mol. The molecule has 0 radical (unpaired) electrons. The number of nitrogens with zero attached hydrogens (tertiary/aromatic N) is 3. The van der Waals surface area contributed by atoms with Crippen molar-refractivity contribution in [2.75, 3.05) is 12.4 Å². The minimum atomic E-state index is -0.292. The Morgan fingerprint density at radius 3 is 2.70 bits per heavy atom. The molecule has 0 aliphatic heterocycles. The molecule has 0 fully saturated rings. The number of hydrazone groups is 1. The molecule has 208 valence electrons. The van der Waals surface area contributed by atoms with E-state index in [1.807, 2.05) is 24.3 Å². The van der Waals surface area contributed by atoms with Gasteiger partial charge in [0, 0.05) is 9.90 Å². The summed E-state index contributed by atoms with van der Waals surface area (Å²) in [5.74, 6) is 0.578. The summed E-state index contributed by atoms with van der Waals surface area (Å²) in [5, 5.41) is 5.84. The predicted octanol–water partition coefficient (Wildman–Crippen LogP) is 6.79. The van der Waals surface area contributed by atoms with Gasteiger partial charge in [0.05, 0.1) is 29.6 Å². The first kappa shape index (κ1) is 28.4. The van der Waals surface area contributed by atoms with Crippen molar-refractivity contribution in [3.05, 3.63) is 79.9 Å². The molecule has 0 saturated heterocycles. The number of hydrogen-bond acceptors (Lipinski definition) is 7. The third-order valence-electron chi connectivity index (χ3n) is 6.67. The molecule has 1 aliphatic rings. The fourth-order valence-electron chi connectivity index (χ4n) is 4.63. The molecule has 0 bridgehead atoms. The van der Waals surface area contributed by atoms with Gasteiger partial charge in [-0.25, -0.2) is 10.4 Å². The molecule has 0 unspecified atom stereocenters. The second-order valence-electron chi connectivity index (χ2n) is 9.61. The maximum atomic E-state index is 13.8. The molecule has 1 N–H and O–H groups in total. The van der Waals surface area contributed by atoms with E-state index in [1.54, 1.807) is 46.4 Å². The number of aromatic nitrogens is 2. The second-order valence-corrected chi connectivity index (χ2v) is 12.1. The number of benzene rings is 2. The van der Waals surface area contributed by atoms with Crippen LogP contribution in [0.3, 0.4) is 0 Å². The van der Waals surface area contributed by atoms with Crippen LogP contribution in [0, 0.1) is 0 Å². The number of thioether (sulfide) groups is 1. The van der Waals surface area contributed by atoms with E-state index in [0.29, 0.717) is 27.9 Å². The van der Waals surface area contributed by atoms with Crippen molar-refractivity contribution in [2.24, 2.45) is 5.10 Å². The van der Waals surface area contributed by atoms with Crippen LogP contribution in [-0.4, -0.2) is 34.0 Å². The molecule has 0 spiro atoms. The zero-order valence-corrected chi connectivity index (χ0v) is 24.7. The molecule has 7 nitrogen and oxygen atoms in total. The third-order valence-corrected chi connectivity index (χ3v) is 9.05. The number of aryl methyl sites for hydroxylation is 2. The van der Waals surface area contributed by atoms with Gasteiger partial charge in [0.25, 0.3) is 11.5 Å². The Balaban J connectivity index is 1.28. The van der Waals surface area contributed by atoms with E-state index in [4.69, 9.17) is 21.3 Å². The Labute approximate surface area is 246 Å². The summed E-state index contributed by atoms with van der Waals surface area (Å²) >= 11 is 8.91. The molecule has 1 amide bonds. The number of halogens is 1. The van der Waals surface area contributed by atoms with Gasteiger partial charge in [-0.05, 0) is 91.8 Å². The summed E-state index contributed by atoms with van der Waals surface area (Å²) in [4.78, 5) is 33.3. The van der Waals surface area contributed by atoms with Crippen molar-refractivity contribution in [1.29, 1.82) is 0 Å². The largest absolute Gasteiger partial charge is 0.494 e. The number of thiophene rings is 1. The summed E-state index contributed by atoms with van der Waals surface area (Å²) < 4.78 is 7.32. The molecular formula is C30H31ClN4O3S2. The highest BCUT2D eigenvalue weighted by Gasteiger charge is 2.23. The lowest BCUT2D eigenvalue weighted by Crippen LogP contribution is -2.24. The lowest BCUT2D eigenvalue weighted by atomic mass is 9.97. The van der Waals surface area contributed by atoms with E-state index in [2.05, 4.69) is 17.5 Å². The zero-order chi connectivity index (χ0) is 27.9. The first-order valence-corrected chi connectivity index (χ1v) is 15.7. The summed E-state index contributed by atoms with van der Waals surface area (Å²) in [6.07, 6.45) is 9.03. The van der Waals surface area contributed by atoms with Crippen LogP contribution in [0.4, 0.5) is 0 Å². The van der Waals surface area contributed by atoms with Gasteiger partial charge in [-0.15, -0.1) is 11.3 Å². The van der Waals surface area contributed by atoms with Gasteiger partial charge in [0.1, 0.15) is 10.6 Å². The minimum Gasteiger partial charge on any atom is -0.494 e. The number of rotatable bonds is 11. The van der Waals surface area contributed by atoms with Crippen LogP contribution < -0.4 is 15.7 Å². The lowest BCUT2D eigenvalue weighted by Gasteiger charge is -2.13. The first-order valence-electron chi connectivity index (χ1n) is 13.5. The standard InChI is InChI=1S/C30H31ClN4O3S2/c1-2-3-6-17-38-23-15-9-20(10-16-23)18-32-34-26(36)19-39-30-33-28-27(24-7-4-5-8-25(24)40-28)29(37)35(30)22-13-11-21(31)12-14-22/h9-16,18H,2-8,17,19H2,1H3,(H,34,36). The van der Waals surface area contributed by atoms with Gasteiger partial charge in [-0.3, -0.25) is 14.2 Å². The van der Waals surface area contributed by atoms with Gasteiger partial charge in [0.15, 0.2) is 5.16 Å². The fourth-order valence-corrected chi connectivity index (χ4v) is 6.87. The molecule has 4 aromatic rings. The van der Waals surface area contributed by atoms with Crippen LogP contribution in [-0.2, 0) is 17.6 Å². The number of ether oxygens (including phenoxy) is 1.